The SMILES string of the molecule is CN(CCN1c2cc(C#N)ccc2C=CC1O)[C@H]1CC[C@H]2[C@@H](C1)OC(=O)N2c1ccc2c(n1)NC(=O)CO2. The van der Waals surface area contributed by atoms with Crippen LogP contribution in [0.5, 0.6) is 5.75 Å². The maximum atomic E-state index is 12.9. The molecule has 1 saturated carbocycles. The number of aliphatic hydroxyl groups excluding tert-OH is 1. The fourth-order valence-electron chi connectivity index (χ4n) is 5.73. The first-order chi connectivity index (χ1) is 18.4. The van der Waals surface area contributed by atoms with Crippen molar-refractivity contribution in [3.63, 3.8) is 0 Å². The highest BCUT2D eigenvalue weighted by molar-refractivity contribution is 5.95. The zero-order valence-corrected chi connectivity index (χ0v) is 20.9. The molecule has 1 saturated heterocycles. The maximum absolute atomic E-state index is 12.9. The number of fused-ring (bicyclic) bond motifs is 3. The molecule has 0 spiro atoms. The van der Waals surface area contributed by atoms with Gasteiger partial charge in [0.05, 0.1) is 17.7 Å². The van der Waals surface area contributed by atoms with Gasteiger partial charge in [0.15, 0.2) is 18.2 Å². The van der Waals surface area contributed by atoms with E-state index in [4.69, 9.17) is 9.47 Å². The van der Waals surface area contributed by atoms with Gasteiger partial charge in [0.25, 0.3) is 5.91 Å². The minimum atomic E-state index is -0.760. The number of ether oxygens (including phenoxy) is 2. The van der Waals surface area contributed by atoms with E-state index in [2.05, 4.69) is 21.3 Å². The number of carbonyl (C=O) groups excluding carboxylic acids is 2. The number of nitrogens with one attached hydrogen (secondary N) is 1. The van der Waals surface area contributed by atoms with E-state index in [1.54, 1.807) is 29.2 Å². The van der Waals surface area contributed by atoms with Gasteiger partial charge in [-0.25, -0.2) is 9.78 Å². The molecule has 2 aromatic rings. The number of aromatic nitrogens is 1. The highest BCUT2D eigenvalue weighted by Crippen LogP contribution is 2.38. The highest BCUT2D eigenvalue weighted by Gasteiger charge is 2.47. The summed E-state index contributed by atoms with van der Waals surface area (Å²) in [5.74, 6) is 0.932. The summed E-state index contributed by atoms with van der Waals surface area (Å²) in [4.78, 5) is 34.7. The van der Waals surface area contributed by atoms with E-state index in [0.717, 1.165) is 24.1 Å². The lowest BCUT2D eigenvalue weighted by Crippen LogP contribution is -2.49. The van der Waals surface area contributed by atoms with Crippen molar-refractivity contribution in [3.8, 4) is 11.8 Å². The summed E-state index contributed by atoms with van der Waals surface area (Å²) in [6.45, 7) is 1.21. The number of aliphatic hydroxyl groups is 1. The van der Waals surface area contributed by atoms with Crippen LogP contribution >= 0.6 is 0 Å². The second kappa shape index (κ2) is 9.63. The van der Waals surface area contributed by atoms with Crippen LogP contribution in [-0.4, -0.2) is 78.2 Å². The van der Waals surface area contributed by atoms with Crippen LogP contribution in [-0.2, 0) is 9.53 Å². The van der Waals surface area contributed by atoms with Crippen molar-refractivity contribution in [2.75, 3.05) is 41.9 Å². The summed E-state index contributed by atoms with van der Waals surface area (Å²) in [6.07, 6.45) is 4.46. The molecule has 2 N–H and O–H groups in total. The van der Waals surface area contributed by atoms with Crippen LogP contribution < -0.4 is 19.9 Å². The molecule has 4 atom stereocenters. The van der Waals surface area contributed by atoms with Crippen LogP contribution in [0, 0.1) is 11.3 Å². The zero-order chi connectivity index (χ0) is 26.4. The molecular formula is C27H28N6O5. The monoisotopic (exact) mass is 516 g/mol. The quantitative estimate of drug-likeness (QED) is 0.615. The molecule has 11 nitrogen and oxygen atoms in total. The van der Waals surface area contributed by atoms with Crippen LogP contribution in [0.1, 0.15) is 30.4 Å². The van der Waals surface area contributed by atoms with Gasteiger partial charge in [0, 0.05) is 31.2 Å². The number of benzene rings is 1. The molecule has 2 fully saturated rings. The Kier molecular flexibility index (Phi) is 6.13. The molecule has 1 aliphatic carbocycles. The van der Waals surface area contributed by atoms with E-state index in [1.165, 1.54) is 0 Å². The first-order valence-corrected chi connectivity index (χ1v) is 12.7. The van der Waals surface area contributed by atoms with Crippen molar-refractivity contribution in [2.45, 2.75) is 43.7 Å². The van der Waals surface area contributed by atoms with E-state index >= 15 is 0 Å². The Morgan fingerprint density at radius 3 is 2.97 bits per heavy atom. The molecule has 6 rings (SSSR count). The van der Waals surface area contributed by atoms with Gasteiger partial charge < -0.3 is 29.7 Å². The van der Waals surface area contributed by atoms with Gasteiger partial charge in [-0.15, -0.1) is 0 Å². The summed E-state index contributed by atoms with van der Waals surface area (Å²) >= 11 is 0. The molecule has 196 valence electrons. The van der Waals surface area contributed by atoms with Crippen molar-refractivity contribution in [2.24, 2.45) is 0 Å². The lowest BCUT2D eigenvalue weighted by molar-refractivity contribution is -0.118. The minimum Gasteiger partial charge on any atom is -0.480 e. The van der Waals surface area contributed by atoms with E-state index in [0.29, 0.717) is 42.5 Å². The van der Waals surface area contributed by atoms with Gasteiger partial charge in [0.1, 0.15) is 18.1 Å². The van der Waals surface area contributed by atoms with Crippen LogP contribution in [0.15, 0.2) is 36.4 Å². The molecule has 0 radical (unpaired) electrons. The molecule has 3 aliphatic heterocycles. The third kappa shape index (κ3) is 4.31. The summed E-state index contributed by atoms with van der Waals surface area (Å²) in [7, 11) is 2.05. The highest BCUT2D eigenvalue weighted by atomic mass is 16.6. The molecule has 38 heavy (non-hydrogen) atoms. The normalized spacial score (nSPS) is 25.6. The Morgan fingerprint density at radius 2 is 2.13 bits per heavy atom. The third-order valence-corrected chi connectivity index (χ3v) is 7.77. The zero-order valence-electron chi connectivity index (χ0n) is 20.9. The summed E-state index contributed by atoms with van der Waals surface area (Å²) in [5, 5.41) is 22.6. The molecule has 11 heteroatoms. The summed E-state index contributed by atoms with van der Waals surface area (Å²) < 4.78 is 11.2. The topological polar surface area (TPSA) is 131 Å². The Hall–Kier alpha value is -4.14. The number of nitrogens with zero attached hydrogens (tertiary/aromatic N) is 5. The van der Waals surface area contributed by atoms with E-state index < -0.39 is 12.3 Å². The van der Waals surface area contributed by atoms with Crippen LogP contribution in [0.2, 0.25) is 0 Å². The van der Waals surface area contributed by atoms with E-state index in [9.17, 15) is 20.0 Å². The van der Waals surface area contributed by atoms with Crippen molar-refractivity contribution in [1.29, 1.82) is 5.26 Å². The predicted octanol–water partition coefficient (Wildman–Crippen LogP) is 2.31. The molecule has 0 bridgehead atoms. The van der Waals surface area contributed by atoms with Gasteiger partial charge in [-0.1, -0.05) is 12.1 Å². The molecule has 1 aromatic heterocycles. The number of anilines is 3. The van der Waals surface area contributed by atoms with E-state index in [1.807, 2.05) is 30.2 Å². The van der Waals surface area contributed by atoms with Crippen molar-refractivity contribution in [1.82, 2.24) is 9.88 Å². The second-order valence-corrected chi connectivity index (χ2v) is 10.0. The van der Waals surface area contributed by atoms with Crippen molar-refractivity contribution in [3.05, 3.63) is 47.5 Å². The third-order valence-electron chi connectivity index (χ3n) is 7.77. The van der Waals surface area contributed by atoms with Crippen LogP contribution in [0.4, 0.5) is 22.1 Å². The predicted molar refractivity (Wildman–Crippen MR) is 139 cm³/mol. The van der Waals surface area contributed by atoms with Gasteiger partial charge in [-0.2, -0.15) is 5.26 Å². The standard InChI is InChI=1S/C27H28N6O5/c1-31(10-11-32-20-12-16(14-28)2-3-17(20)4-9-25(32)35)18-5-6-19-22(13-18)38-27(36)33(19)23-8-7-21-26(29-23)30-24(34)15-37-21/h2-4,7-9,12,18-19,22,25,35H,5-6,10-11,13,15H2,1H3,(H,29,30,34)/t18-,19-,22+,25?/m0/s1. The average Bonchev–Trinajstić information content (AvgIpc) is 3.26. The molecular weight excluding hydrogens is 488 g/mol. The Bertz CT molecular complexity index is 1360. The number of pyridine rings is 1. The summed E-state index contributed by atoms with van der Waals surface area (Å²) in [5.41, 5.74) is 2.37. The van der Waals surface area contributed by atoms with Gasteiger partial charge in [0.2, 0.25) is 0 Å². The minimum absolute atomic E-state index is 0.0553. The molecule has 4 heterocycles. The molecule has 2 amide bonds. The number of hydrogen-bond donors (Lipinski definition) is 2. The molecule has 4 aliphatic rings. The van der Waals surface area contributed by atoms with Gasteiger partial charge in [-0.3, -0.25) is 9.69 Å². The Labute approximate surface area is 219 Å². The Balaban J connectivity index is 1.11. The fourth-order valence-corrected chi connectivity index (χ4v) is 5.73. The van der Waals surface area contributed by atoms with E-state index in [-0.39, 0.29) is 30.7 Å². The number of carbonyl (C=O) groups is 2. The first kappa shape index (κ1) is 24.2. The fraction of sp³-hybridized carbons (Fsp3) is 0.407. The van der Waals surface area contributed by atoms with Gasteiger partial charge >= 0.3 is 6.09 Å². The lowest BCUT2D eigenvalue weighted by Gasteiger charge is -2.39. The largest absolute Gasteiger partial charge is 0.480 e. The number of amides is 2. The number of nitriles is 1. The first-order valence-electron chi connectivity index (χ1n) is 12.7. The number of hydrogen-bond acceptors (Lipinski definition) is 9. The maximum Gasteiger partial charge on any atom is 0.416 e. The van der Waals surface area contributed by atoms with Gasteiger partial charge in [-0.05, 0) is 55.8 Å². The van der Waals surface area contributed by atoms with Crippen LogP contribution in [0.3, 0.4) is 0 Å². The molecule has 1 aromatic carbocycles. The smallest absolute Gasteiger partial charge is 0.416 e. The number of rotatable bonds is 5. The molecule has 1 unspecified atom stereocenters. The number of likely N-dealkylation sites (N-methyl/N-ethyl adjacent to an activating group) is 1. The lowest BCUT2D eigenvalue weighted by atomic mass is 9.87. The van der Waals surface area contributed by atoms with Crippen molar-refractivity contribution < 1.29 is 24.2 Å². The Morgan fingerprint density at radius 1 is 1.26 bits per heavy atom. The second-order valence-electron chi connectivity index (χ2n) is 10.0. The van der Waals surface area contributed by atoms with Crippen LogP contribution in [0.25, 0.3) is 6.08 Å². The average molecular weight is 517 g/mol. The van der Waals surface area contributed by atoms with Crippen molar-refractivity contribution >= 4 is 35.4 Å². The summed E-state index contributed by atoms with van der Waals surface area (Å²) in [6, 6.07) is 11.1.